The maximum atomic E-state index is 13.3. The van der Waals surface area contributed by atoms with Gasteiger partial charge in [0, 0.05) is 63.4 Å². The highest BCUT2D eigenvalue weighted by Gasteiger charge is 2.43. The molecule has 10 heteroatoms. The third kappa shape index (κ3) is 6.35. The van der Waals surface area contributed by atoms with Crippen LogP contribution in [-0.4, -0.2) is 107 Å². The maximum Gasteiger partial charge on any atom is 0.257 e. The van der Waals surface area contributed by atoms with Crippen molar-refractivity contribution in [3.63, 3.8) is 0 Å². The fourth-order valence-electron chi connectivity index (χ4n) is 7.35. The van der Waals surface area contributed by atoms with E-state index < -0.39 is 10.0 Å². The molecular formula is C31H46N6O3S. The first-order valence-electron chi connectivity index (χ1n) is 15.1. The van der Waals surface area contributed by atoms with Gasteiger partial charge in [0.15, 0.2) is 0 Å². The van der Waals surface area contributed by atoms with Crippen molar-refractivity contribution in [3.05, 3.63) is 59.2 Å². The Morgan fingerprint density at radius 1 is 0.951 bits per heavy atom. The average Bonchev–Trinajstić information content (AvgIpc) is 2.94. The predicted octanol–water partition coefficient (Wildman–Crippen LogP) is 3.51. The maximum absolute atomic E-state index is 13.3. The van der Waals surface area contributed by atoms with Crippen LogP contribution < -0.4 is 0 Å². The van der Waals surface area contributed by atoms with Crippen LogP contribution >= 0.6 is 0 Å². The second-order valence-electron chi connectivity index (χ2n) is 12.6. The zero-order valence-corrected chi connectivity index (χ0v) is 26.1. The first-order valence-corrected chi connectivity index (χ1v) is 16.9. The van der Waals surface area contributed by atoms with E-state index in [9.17, 15) is 13.2 Å². The number of hydrogen-bond acceptors (Lipinski definition) is 7. The van der Waals surface area contributed by atoms with Crippen LogP contribution in [0.15, 0.2) is 36.7 Å². The summed E-state index contributed by atoms with van der Waals surface area (Å²) in [4.78, 5) is 29.2. The largest absolute Gasteiger partial charge is 0.338 e. The first-order chi connectivity index (χ1) is 19.5. The van der Waals surface area contributed by atoms with Crippen LogP contribution in [0.5, 0.6) is 0 Å². The summed E-state index contributed by atoms with van der Waals surface area (Å²) in [5.41, 5.74) is 3.52. The lowest BCUT2D eigenvalue weighted by molar-refractivity contribution is -0.0421. The number of piperazine rings is 1. The summed E-state index contributed by atoms with van der Waals surface area (Å²) >= 11 is 0. The second-order valence-corrected chi connectivity index (χ2v) is 14.6. The normalized spacial score (nSPS) is 24.3. The van der Waals surface area contributed by atoms with Crippen LogP contribution in [0.2, 0.25) is 0 Å². The molecule has 1 amide bonds. The number of aromatic nitrogens is 2. The molecule has 9 nitrogen and oxygen atoms in total. The standard InChI is InChI=1S/C31H46N6O3S/c1-23-21-35(31(4)13-17-34(18-14-31)30(38)28-24(2)32-22-33-25(28)3)19-20-37(23)29(26-9-7-6-8-10-26)27-11-15-36(16-12-27)41(5,39)40/h6-10,22-23,27,29H,11-21H2,1-5H3. The fraction of sp³-hybridized carbons (Fsp3) is 0.645. The molecule has 3 saturated heterocycles. The van der Waals surface area contributed by atoms with E-state index in [0.717, 1.165) is 69.8 Å². The van der Waals surface area contributed by atoms with Gasteiger partial charge in [-0.15, -0.1) is 0 Å². The fourth-order valence-corrected chi connectivity index (χ4v) is 8.23. The van der Waals surface area contributed by atoms with Crippen molar-refractivity contribution in [1.82, 2.24) is 29.0 Å². The van der Waals surface area contributed by atoms with Gasteiger partial charge in [-0.1, -0.05) is 30.3 Å². The minimum Gasteiger partial charge on any atom is -0.338 e. The van der Waals surface area contributed by atoms with Gasteiger partial charge in [0.25, 0.3) is 5.91 Å². The molecule has 0 saturated carbocycles. The van der Waals surface area contributed by atoms with Crippen molar-refractivity contribution < 1.29 is 13.2 Å². The smallest absolute Gasteiger partial charge is 0.257 e. The summed E-state index contributed by atoms with van der Waals surface area (Å²) in [7, 11) is -3.15. The molecule has 0 N–H and O–H groups in total. The van der Waals surface area contributed by atoms with Gasteiger partial charge in [-0.3, -0.25) is 14.6 Å². The Balaban J connectivity index is 1.25. The van der Waals surface area contributed by atoms with E-state index in [-0.39, 0.29) is 17.5 Å². The van der Waals surface area contributed by atoms with E-state index in [1.165, 1.54) is 18.1 Å². The highest BCUT2D eigenvalue weighted by molar-refractivity contribution is 7.88. The number of aryl methyl sites for hydroxylation is 2. The lowest BCUT2D eigenvalue weighted by Crippen LogP contribution is -2.63. The average molecular weight is 583 g/mol. The number of sulfonamides is 1. The van der Waals surface area contributed by atoms with Crippen LogP contribution in [0.3, 0.4) is 0 Å². The van der Waals surface area contributed by atoms with E-state index in [4.69, 9.17) is 0 Å². The van der Waals surface area contributed by atoms with Crippen LogP contribution in [0.25, 0.3) is 0 Å². The number of nitrogens with zero attached hydrogens (tertiary/aromatic N) is 6. The van der Waals surface area contributed by atoms with Crippen molar-refractivity contribution in [2.24, 2.45) is 5.92 Å². The van der Waals surface area contributed by atoms with Gasteiger partial charge >= 0.3 is 0 Å². The Hall–Kier alpha value is -2.40. The molecule has 2 unspecified atom stereocenters. The third-order valence-corrected chi connectivity index (χ3v) is 11.2. The summed E-state index contributed by atoms with van der Waals surface area (Å²) in [5, 5.41) is 0. The molecule has 224 valence electrons. The molecule has 0 spiro atoms. The third-order valence-electron chi connectivity index (χ3n) is 9.92. The van der Waals surface area contributed by atoms with Gasteiger partial charge < -0.3 is 4.90 Å². The molecule has 3 aliphatic rings. The van der Waals surface area contributed by atoms with Gasteiger partial charge in [-0.2, -0.15) is 0 Å². The van der Waals surface area contributed by atoms with E-state index in [1.54, 1.807) is 4.31 Å². The molecule has 1 aromatic carbocycles. The van der Waals surface area contributed by atoms with Gasteiger partial charge in [0.1, 0.15) is 6.33 Å². The summed E-state index contributed by atoms with van der Waals surface area (Å²) in [6.07, 6.45) is 6.50. The van der Waals surface area contributed by atoms with Crippen LogP contribution in [0.1, 0.15) is 72.9 Å². The highest BCUT2D eigenvalue weighted by Crippen LogP contribution is 2.40. The number of rotatable bonds is 6. The Bertz CT molecular complexity index is 1300. The molecule has 5 rings (SSSR count). The molecule has 1 aromatic heterocycles. The highest BCUT2D eigenvalue weighted by atomic mass is 32.2. The molecule has 2 aromatic rings. The second kappa shape index (κ2) is 12.1. The zero-order chi connectivity index (χ0) is 29.4. The Labute approximate surface area is 246 Å². The van der Waals surface area contributed by atoms with Crippen molar-refractivity contribution in [2.45, 2.75) is 71.0 Å². The van der Waals surface area contributed by atoms with Gasteiger partial charge in [-0.05, 0) is 64.9 Å². The summed E-state index contributed by atoms with van der Waals surface area (Å²) in [5.74, 6) is 0.469. The number of carbonyl (C=O) groups is 1. The molecule has 41 heavy (non-hydrogen) atoms. The lowest BCUT2D eigenvalue weighted by Gasteiger charge is -2.54. The van der Waals surface area contributed by atoms with E-state index in [0.29, 0.717) is 30.6 Å². The minimum absolute atomic E-state index is 0.0495. The lowest BCUT2D eigenvalue weighted by atomic mass is 9.82. The van der Waals surface area contributed by atoms with Crippen molar-refractivity contribution >= 4 is 15.9 Å². The van der Waals surface area contributed by atoms with E-state index in [2.05, 4.69) is 63.9 Å². The molecule has 0 bridgehead atoms. The Kier molecular flexibility index (Phi) is 8.85. The van der Waals surface area contributed by atoms with E-state index >= 15 is 0 Å². The van der Waals surface area contributed by atoms with Crippen LogP contribution in [0, 0.1) is 19.8 Å². The number of benzene rings is 1. The number of likely N-dealkylation sites (tertiary alicyclic amines) is 1. The number of piperidine rings is 2. The van der Waals surface area contributed by atoms with E-state index in [1.807, 2.05) is 18.7 Å². The van der Waals surface area contributed by atoms with Crippen LogP contribution in [0.4, 0.5) is 0 Å². The molecular weight excluding hydrogens is 536 g/mol. The zero-order valence-electron chi connectivity index (χ0n) is 25.3. The quantitative estimate of drug-likeness (QED) is 0.515. The minimum atomic E-state index is -3.15. The van der Waals surface area contributed by atoms with Gasteiger partial charge in [0.2, 0.25) is 10.0 Å². The van der Waals surface area contributed by atoms with Crippen molar-refractivity contribution in [2.75, 3.05) is 52.1 Å². The monoisotopic (exact) mass is 582 g/mol. The topological polar surface area (TPSA) is 90.0 Å². The van der Waals surface area contributed by atoms with Crippen LogP contribution in [-0.2, 0) is 10.0 Å². The Morgan fingerprint density at radius 3 is 2.12 bits per heavy atom. The molecule has 0 radical (unpaired) electrons. The first kappa shape index (κ1) is 30.1. The van der Waals surface area contributed by atoms with Crippen molar-refractivity contribution in [1.29, 1.82) is 0 Å². The molecule has 4 heterocycles. The number of carbonyl (C=O) groups excluding carboxylic acids is 1. The van der Waals surface area contributed by atoms with Crippen molar-refractivity contribution in [3.8, 4) is 0 Å². The molecule has 3 fully saturated rings. The number of hydrogen-bond donors (Lipinski definition) is 0. The van der Waals surface area contributed by atoms with Gasteiger partial charge in [0.05, 0.1) is 23.2 Å². The molecule has 3 aliphatic heterocycles. The predicted molar refractivity (Wildman–Crippen MR) is 161 cm³/mol. The molecule has 0 aliphatic carbocycles. The molecule has 2 atom stereocenters. The SMILES string of the molecule is Cc1ncnc(C)c1C(=O)N1CCC(C)(N2CCN(C(c3ccccc3)C3CCN(S(C)(=O)=O)CC3)C(C)C2)CC1. The summed E-state index contributed by atoms with van der Waals surface area (Å²) in [6.45, 7) is 14.1. The summed E-state index contributed by atoms with van der Waals surface area (Å²) in [6, 6.07) is 11.4. The van der Waals surface area contributed by atoms with Gasteiger partial charge in [-0.25, -0.2) is 22.7 Å². The Morgan fingerprint density at radius 2 is 1.56 bits per heavy atom. The summed E-state index contributed by atoms with van der Waals surface area (Å²) < 4.78 is 25.9. The number of amides is 1.